The van der Waals surface area contributed by atoms with Crippen LogP contribution >= 0.6 is 0 Å². The maximum Gasteiger partial charge on any atom is 0.240 e. The molecule has 1 aromatic rings. The third-order valence-electron chi connectivity index (χ3n) is 6.34. The number of fused-ring (bicyclic) bond motifs is 1. The van der Waals surface area contributed by atoms with Gasteiger partial charge in [-0.3, -0.25) is 4.79 Å². The van der Waals surface area contributed by atoms with Gasteiger partial charge in [-0.1, -0.05) is 24.3 Å². The Balaban J connectivity index is 1.32. The van der Waals surface area contributed by atoms with Crippen LogP contribution in [-0.2, 0) is 17.9 Å². The Bertz CT molecular complexity index is 563. The second-order valence-electron chi connectivity index (χ2n) is 7.80. The maximum atomic E-state index is 12.8. The van der Waals surface area contributed by atoms with Crippen molar-refractivity contribution in [1.82, 2.24) is 9.80 Å². The van der Waals surface area contributed by atoms with Gasteiger partial charge in [-0.2, -0.15) is 0 Å². The van der Waals surface area contributed by atoms with Gasteiger partial charge in [0.05, 0.1) is 6.04 Å². The zero-order chi connectivity index (χ0) is 16.5. The number of benzene rings is 1. The molecule has 1 aliphatic carbocycles. The van der Waals surface area contributed by atoms with Crippen molar-refractivity contribution in [3.8, 4) is 0 Å². The average molecular weight is 327 g/mol. The largest absolute Gasteiger partial charge is 0.333 e. The Morgan fingerprint density at radius 2 is 1.58 bits per heavy atom. The quantitative estimate of drug-likeness (QED) is 0.928. The van der Waals surface area contributed by atoms with Gasteiger partial charge in [-0.05, 0) is 68.7 Å². The van der Waals surface area contributed by atoms with Crippen LogP contribution in [0.4, 0.5) is 0 Å². The van der Waals surface area contributed by atoms with Crippen molar-refractivity contribution >= 4 is 5.91 Å². The number of nitrogens with two attached hydrogens (primary N) is 1. The third kappa shape index (κ3) is 3.09. The van der Waals surface area contributed by atoms with Gasteiger partial charge < -0.3 is 15.5 Å². The molecule has 4 heteroatoms. The fourth-order valence-corrected chi connectivity index (χ4v) is 4.83. The first kappa shape index (κ1) is 16.1. The van der Waals surface area contributed by atoms with Crippen molar-refractivity contribution in [2.24, 2.45) is 11.7 Å². The molecule has 0 aromatic heterocycles. The number of rotatable bonds is 3. The van der Waals surface area contributed by atoms with Gasteiger partial charge in [0, 0.05) is 19.1 Å². The van der Waals surface area contributed by atoms with E-state index in [1.165, 1.54) is 49.9 Å². The summed E-state index contributed by atoms with van der Waals surface area (Å²) in [6.45, 7) is 4.00. The molecule has 4 rings (SSSR count). The first-order chi connectivity index (χ1) is 11.7. The molecule has 2 aliphatic heterocycles. The Morgan fingerprint density at radius 3 is 2.17 bits per heavy atom. The van der Waals surface area contributed by atoms with Crippen LogP contribution < -0.4 is 5.73 Å². The summed E-state index contributed by atoms with van der Waals surface area (Å²) < 4.78 is 0. The molecule has 130 valence electrons. The van der Waals surface area contributed by atoms with E-state index in [0.717, 1.165) is 32.0 Å². The molecule has 1 aromatic carbocycles. The number of nitrogens with zero attached hydrogens (tertiary/aromatic N) is 2. The first-order valence-electron chi connectivity index (χ1n) is 9.57. The topological polar surface area (TPSA) is 49.6 Å². The van der Waals surface area contributed by atoms with E-state index in [2.05, 4.69) is 17.0 Å². The van der Waals surface area contributed by atoms with Crippen molar-refractivity contribution in [3.63, 3.8) is 0 Å². The van der Waals surface area contributed by atoms with Crippen molar-refractivity contribution in [1.29, 1.82) is 0 Å². The first-order valence-corrected chi connectivity index (χ1v) is 9.57. The lowest BCUT2D eigenvalue weighted by Crippen LogP contribution is -2.48. The molecule has 3 aliphatic rings. The Morgan fingerprint density at radius 1 is 1.00 bits per heavy atom. The summed E-state index contributed by atoms with van der Waals surface area (Å²) >= 11 is 0. The van der Waals surface area contributed by atoms with E-state index in [1.807, 2.05) is 17.0 Å². The zero-order valence-electron chi connectivity index (χ0n) is 14.5. The molecule has 0 bridgehead atoms. The number of hydrogen-bond acceptors (Lipinski definition) is 3. The maximum absolute atomic E-state index is 12.8. The minimum absolute atomic E-state index is 0.149. The number of hydrogen-bond donors (Lipinski definition) is 1. The van der Waals surface area contributed by atoms with E-state index in [1.54, 1.807) is 0 Å². The van der Waals surface area contributed by atoms with E-state index in [0.29, 0.717) is 5.92 Å². The summed E-state index contributed by atoms with van der Waals surface area (Å²) in [7, 11) is 0. The predicted octanol–water partition coefficient (Wildman–Crippen LogP) is 2.51. The highest BCUT2D eigenvalue weighted by Gasteiger charge is 2.35. The molecule has 24 heavy (non-hydrogen) atoms. The zero-order valence-corrected chi connectivity index (χ0v) is 14.5. The summed E-state index contributed by atoms with van der Waals surface area (Å²) in [5.41, 5.74) is 8.95. The van der Waals surface area contributed by atoms with Gasteiger partial charge in [-0.15, -0.1) is 0 Å². The molecule has 0 spiro atoms. The minimum Gasteiger partial charge on any atom is -0.333 e. The van der Waals surface area contributed by atoms with Crippen molar-refractivity contribution in [2.75, 3.05) is 13.1 Å². The number of amides is 1. The molecule has 0 unspecified atom stereocenters. The number of carbonyl (C=O) groups is 1. The second-order valence-corrected chi connectivity index (χ2v) is 7.80. The molecule has 4 nitrogen and oxygen atoms in total. The molecule has 1 atom stereocenters. The smallest absolute Gasteiger partial charge is 0.240 e. The van der Waals surface area contributed by atoms with Crippen LogP contribution in [0.3, 0.4) is 0 Å². The molecule has 1 saturated carbocycles. The van der Waals surface area contributed by atoms with Crippen LogP contribution in [0.1, 0.15) is 49.7 Å². The Hall–Kier alpha value is -1.39. The fraction of sp³-hybridized carbons (Fsp3) is 0.650. The van der Waals surface area contributed by atoms with E-state index in [4.69, 9.17) is 5.73 Å². The van der Waals surface area contributed by atoms with Gasteiger partial charge in [0.2, 0.25) is 5.91 Å². The highest BCUT2D eigenvalue weighted by Crippen LogP contribution is 2.32. The average Bonchev–Trinajstić information content (AvgIpc) is 3.30. The molecular formula is C20H29N3O. The van der Waals surface area contributed by atoms with Crippen LogP contribution in [0.15, 0.2) is 24.3 Å². The van der Waals surface area contributed by atoms with E-state index < -0.39 is 0 Å². The number of likely N-dealkylation sites (tertiary alicyclic amines) is 1. The van der Waals surface area contributed by atoms with Gasteiger partial charge in [-0.25, -0.2) is 0 Å². The second kappa shape index (κ2) is 6.85. The van der Waals surface area contributed by atoms with Gasteiger partial charge in [0.1, 0.15) is 0 Å². The highest BCUT2D eigenvalue weighted by atomic mass is 16.2. The highest BCUT2D eigenvalue weighted by molar-refractivity contribution is 5.82. The summed E-state index contributed by atoms with van der Waals surface area (Å²) in [4.78, 5) is 17.4. The SMILES string of the molecule is N[C@@H](C(=O)N1Cc2ccccc2C1)C1CCC(N2CCCC2)CC1. The van der Waals surface area contributed by atoms with Gasteiger partial charge >= 0.3 is 0 Å². The third-order valence-corrected chi connectivity index (χ3v) is 6.34. The summed E-state index contributed by atoms with van der Waals surface area (Å²) in [6, 6.07) is 8.75. The Kier molecular flexibility index (Phi) is 4.59. The van der Waals surface area contributed by atoms with E-state index in [-0.39, 0.29) is 11.9 Å². The lowest BCUT2D eigenvalue weighted by Gasteiger charge is -2.37. The van der Waals surface area contributed by atoms with Crippen LogP contribution in [0.2, 0.25) is 0 Å². The lowest BCUT2D eigenvalue weighted by atomic mass is 9.81. The lowest BCUT2D eigenvalue weighted by molar-refractivity contribution is -0.134. The molecule has 2 heterocycles. The van der Waals surface area contributed by atoms with E-state index in [9.17, 15) is 4.79 Å². The van der Waals surface area contributed by atoms with Crippen molar-refractivity contribution in [2.45, 2.75) is 63.7 Å². The summed E-state index contributed by atoms with van der Waals surface area (Å²) in [5.74, 6) is 0.510. The van der Waals surface area contributed by atoms with E-state index >= 15 is 0 Å². The van der Waals surface area contributed by atoms with Gasteiger partial charge in [0.15, 0.2) is 0 Å². The number of carbonyl (C=O) groups excluding carboxylic acids is 1. The van der Waals surface area contributed by atoms with Gasteiger partial charge in [0.25, 0.3) is 0 Å². The Labute approximate surface area is 145 Å². The standard InChI is InChI=1S/C20H29N3O/c21-19(15-7-9-18(10-8-15)22-11-3-4-12-22)20(24)23-13-16-5-1-2-6-17(16)14-23/h1-2,5-6,15,18-19H,3-4,7-14,21H2/t15?,18?,19-/m1/s1. The molecule has 2 N–H and O–H groups in total. The minimum atomic E-state index is -0.321. The monoisotopic (exact) mass is 327 g/mol. The molecule has 2 fully saturated rings. The summed E-state index contributed by atoms with van der Waals surface area (Å²) in [5, 5.41) is 0. The summed E-state index contributed by atoms with van der Waals surface area (Å²) in [6.07, 6.45) is 7.35. The van der Waals surface area contributed by atoms with Crippen LogP contribution in [-0.4, -0.2) is 40.9 Å². The normalized spacial score (nSPS) is 28.8. The van der Waals surface area contributed by atoms with Crippen LogP contribution in [0, 0.1) is 5.92 Å². The molecular weight excluding hydrogens is 298 g/mol. The van der Waals surface area contributed by atoms with Crippen LogP contribution in [0.5, 0.6) is 0 Å². The van der Waals surface area contributed by atoms with Crippen molar-refractivity contribution in [3.05, 3.63) is 35.4 Å². The fourth-order valence-electron chi connectivity index (χ4n) is 4.83. The van der Waals surface area contributed by atoms with Crippen molar-refractivity contribution < 1.29 is 4.79 Å². The molecule has 0 radical (unpaired) electrons. The van der Waals surface area contributed by atoms with Crippen LogP contribution in [0.25, 0.3) is 0 Å². The molecule has 1 saturated heterocycles. The molecule has 1 amide bonds. The predicted molar refractivity (Wildman–Crippen MR) is 95.2 cm³/mol.